The second kappa shape index (κ2) is 11.1. The third-order valence-corrected chi connectivity index (χ3v) is 7.49. The summed E-state index contributed by atoms with van der Waals surface area (Å²) < 4.78 is 29.3. The molecule has 0 aliphatic heterocycles. The zero-order valence-corrected chi connectivity index (χ0v) is 20.8. The van der Waals surface area contributed by atoms with Crippen LogP contribution in [0, 0.1) is 5.92 Å². The van der Waals surface area contributed by atoms with Gasteiger partial charge in [0.25, 0.3) is 0 Å². The molecule has 1 N–H and O–H groups in total. The number of nitrogens with zero attached hydrogens (tertiary/aromatic N) is 4. The Morgan fingerprint density at radius 3 is 2.42 bits per heavy atom. The van der Waals surface area contributed by atoms with Crippen LogP contribution in [0.3, 0.4) is 0 Å². The fraction of sp³-hybridized carbons (Fsp3) is 0.571. The van der Waals surface area contributed by atoms with Crippen LogP contribution in [0.4, 0.5) is 0 Å². The molecule has 1 aromatic carbocycles. The minimum atomic E-state index is -3.58. The second-order valence-corrected chi connectivity index (χ2v) is 10.8. The Balaban J connectivity index is 2.40. The van der Waals surface area contributed by atoms with Crippen molar-refractivity contribution in [1.29, 1.82) is 0 Å². The van der Waals surface area contributed by atoms with E-state index in [1.165, 1.54) is 16.1 Å². The van der Waals surface area contributed by atoms with E-state index in [-0.39, 0.29) is 22.6 Å². The molecule has 10 heteroatoms. The zero-order chi connectivity index (χ0) is 23.2. The van der Waals surface area contributed by atoms with Gasteiger partial charge < -0.3 is 9.88 Å². The summed E-state index contributed by atoms with van der Waals surface area (Å²) in [7, 11) is -3.58. The highest BCUT2D eigenvalue weighted by Crippen LogP contribution is 2.27. The number of nitrogens with one attached hydrogen (secondary N) is 1. The number of thioether (sulfide) groups is 1. The molecule has 0 aliphatic carbocycles. The molecule has 2 rings (SSSR count). The SMILES string of the molecule is CCN(CC)S(=O)(=O)c1cccc(-c2nnc(SCC(=O)NC(C)C)n2CC(C)C)c1. The largest absolute Gasteiger partial charge is 0.353 e. The number of hydrogen-bond acceptors (Lipinski definition) is 6. The Labute approximate surface area is 189 Å². The van der Waals surface area contributed by atoms with E-state index < -0.39 is 10.0 Å². The van der Waals surface area contributed by atoms with Crippen molar-refractivity contribution in [3.05, 3.63) is 24.3 Å². The predicted octanol–water partition coefficient (Wildman–Crippen LogP) is 3.25. The molecular weight excluding hydrogens is 434 g/mol. The fourth-order valence-electron chi connectivity index (χ4n) is 3.14. The normalized spacial score (nSPS) is 12.2. The maximum atomic E-state index is 12.9. The van der Waals surface area contributed by atoms with Crippen molar-refractivity contribution in [1.82, 2.24) is 24.4 Å². The van der Waals surface area contributed by atoms with Crippen LogP contribution in [0.1, 0.15) is 41.5 Å². The number of hydrogen-bond donors (Lipinski definition) is 1. The Morgan fingerprint density at radius 2 is 1.84 bits per heavy atom. The van der Waals surface area contributed by atoms with Gasteiger partial charge in [-0.25, -0.2) is 8.42 Å². The van der Waals surface area contributed by atoms with E-state index in [0.29, 0.717) is 42.1 Å². The maximum Gasteiger partial charge on any atom is 0.243 e. The number of benzene rings is 1. The van der Waals surface area contributed by atoms with E-state index >= 15 is 0 Å². The Morgan fingerprint density at radius 1 is 1.16 bits per heavy atom. The first-order valence-corrected chi connectivity index (χ1v) is 13.0. The lowest BCUT2D eigenvalue weighted by Crippen LogP contribution is -2.31. The number of carbonyl (C=O) groups is 1. The minimum Gasteiger partial charge on any atom is -0.353 e. The number of amides is 1. The van der Waals surface area contributed by atoms with Gasteiger partial charge in [0.05, 0.1) is 10.6 Å². The molecule has 1 aromatic heterocycles. The highest BCUT2D eigenvalue weighted by Gasteiger charge is 2.23. The molecule has 0 saturated carbocycles. The number of carbonyl (C=O) groups excluding carboxylic acids is 1. The lowest BCUT2D eigenvalue weighted by Gasteiger charge is -2.19. The van der Waals surface area contributed by atoms with Crippen LogP contribution in [-0.4, -0.2) is 58.3 Å². The van der Waals surface area contributed by atoms with Gasteiger partial charge in [0.2, 0.25) is 15.9 Å². The number of aromatic nitrogens is 3. The van der Waals surface area contributed by atoms with Crippen molar-refractivity contribution in [2.24, 2.45) is 5.92 Å². The van der Waals surface area contributed by atoms with Gasteiger partial charge in [-0.05, 0) is 31.9 Å². The average Bonchev–Trinajstić information content (AvgIpc) is 3.08. The zero-order valence-electron chi connectivity index (χ0n) is 19.1. The van der Waals surface area contributed by atoms with Gasteiger partial charge in [0.15, 0.2) is 11.0 Å². The minimum absolute atomic E-state index is 0.0621. The number of rotatable bonds is 11. The molecule has 0 saturated heterocycles. The van der Waals surface area contributed by atoms with Crippen molar-refractivity contribution < 1.29 is 13.2 Å². The summed E-state index contributed by atoms with van der Waals surface area (Å²) in [6.45, 7) is 13.1. The molecule has 31 heavy (non-hydrogen) atoms. The number of sulfonamides is 1. The lowest BCUT2D eigenvalue weighted by atomic mass is 10.2. The molecule has 0 bridgehead atoms. The third kappa shape index (κ3) is 6.54. The summed E-state index contributed by atoms with van der Waals surface area (Å²) in [5.41, 5.74) is 0.680. The van der Waals surface area contributed by atoms with Crippen LogP contribution in [0.15, 0.2) is 34.3 Å². The molecule has 0 aliphatic rings. The van der Waals surface area contributed by atoms with Crippen molar-refractivity contribution in [3.8, 4) is 11.4 Å². The molecule has 172 valence electrons. The van der Waals surface area contributed by atoms with Gasteiger partial charge >= 0.3 is 0 Å². The predicted molar refractivity (Wildman–Crippen MR) is 124 cm³/mol. The van der Waals surface area contributed by atoms with E-state index in [1.54, 1.807) is 18.2 Å². The monoisotopic (exact) mass is 467 g/mol. The Bertz CT molecular complexity index is 983. The fourth-order valence-corrected chi connectivity index (χ4v) is 5.40. The van der Waals surface area contributed by atoms with Gasteiger partial charge in [-0.2, -0.15) is 4.31 Å². The average molecular weight is 468 g/mol. The van der Waals surface area contributed by atoms with Crippen molar-refractivity contribution in [3.63, 3.8) is 0 Å². The summed E-state index contributed by atoms with van der Waals surface area (Å²) in [6, 6.07) is 6.89. The van der Waals surface area contributed by atoms with Crippen LogP contribution >= 0.6 is 11.8 Å². The summed E-state index contributed by atoms with van der Waals surface area (Å²) in [5, 5.41) is 12.1. The quantitative estimate of drug-likeness (QED) is 0.510. The summed E-state index contributed by atoms with van der Waals surface area (Å²) in [5.74, 6) is 1.09. The molecule has 1 amide bonds. The van der Waals surface area contributed by atoms with Crippen LogP contribution in [0.2, 0.25) is 0 Å². The van der Waals surface area contributed by atoms with Crippen molar-refractivity contribution >= 4 is 27.7 Å². The van der Waals surface area contributed by atoms with Crippen LogP contribution in [-0.2, 0) is 21.4 Å². The van der Waals surface area contributed by atoms with Crippen molar-refractivity contribution in [2.75, 3.05) is 18.8 Å². The highest BCUT2D eigenvalue weighted by molar-refractivity contribution is 7.99. The van der Waals surface area contributed by atoms with Crippen LogP contribution in [0.5, 0.6) is 0 Å². The first-order valence-electron chi connectivity index (χ1n) is 10.6. The van der Waals surface area contributed by atoms with Gasteiger partial charge in [-0.15, -0.1) is 10.2 Å². The topological polar surface area (TPSA) is 97.2 Å². The summed E-state index contributed by atoms with van der Waals surface area (Å²) in [4.78, 5) is 12.3. The first-order chi connectivity index (χ1) is 14.6. The van der Waals surface area contributed by atoms with Crippen molar-refractivity contribution in [2.45, 2.75) is 64.2 Å². The van der Waals surface area contributed by atoms with Crippen LogP contribution < -0.4 is 5.32 Å². The standard InChI is InChI=1S/C21H33N5O3S2/c1-7-25(8-2)31(28,29)18-11-9-10-17(12-18)20-23-24-21(26(20)13-15(3)4)30-14-19(27)22-16(5)6/h9-12,15-16H,7-8,13-14H2,1-6H3,(H,22,27). The van der Waals surface area contributed by atoms with E-state index in [2.05, 4.69) is 29.4 Å². The summed E-state index contributed by atoms with van der Waals surface area (Å²) >= 11 is 1.33. The van der Waals surface area contributed by atoms with E-state index in [4.69, 9.17) is 0 Å². The van der Waals surface area contributed by atoms with E-state index in [9.17, 15) is 13.2 Å². The first kappa shape index (κ1) is 25.4. The maximum absolute atomic E-state index is 12.9. The molecule has 0 spiro atoms. The van der Waals surface area contributed by atoms with Gasteiger partial charge in [-0.1, -0.05) is 51.6 Å². The molecule has 8 nitrogen and oxygen atoms in total. The summed E-state index contributed by atoms with van der Waals surface area (Å²) in [6.07, 6.45) is 0. The Hall–Kier alpha value is -1.91. The third-order valence-electron chi connectivity index (χ3n) is 4.48. The lowest BCUT2D eigenvalue weighted by molar-refractivity contribution is -0.119. The second-order valence-electron chi connectivity index (χ2n) is 7.94. The molecule has 0 unspecified atom stereocenters. The molecule has 0 radical (unpaired) electrons. The van der Waals surface area contributed by atoms with E-state index in [0.717, 1.165) is 0 Å². The van der Waals surface area contributed by atoms with Gasteiger partial charge in [-0.3, -0.25) is 4.79 Å². The molecule has 0 fully saturated rings. The molecule has 0 atom stereocenters. The van der Waals surface area contributed by atoms with Crippen LogP contribution in [0.25, 0.3) is 11.4 Å². The smallest absolute Gasteiger partial charge is 0.243 e. The van der Waals surface area contributed by atoms with Gasteiger partial charge in [0.1, 0.15) is 0 Å². The Kier molecular flexibility index (Phi) is 9.08. The highest BCUT2D eigenvalue weighted by atomic mass is 32.2. The van der Waals surface area contributed by atoms with Gasteiger partial charge in [0, 0.05) is 31.2 Å². The molecule has 1 heterocycles. The van der Waals surface area contributed by atoms with E-state index in [1.807, 2.05) is 38.3 Å². The molecular formula is C21H33N5O3S2. The molecule has 2 aromatic rings.